The maximum absolute atomic E-state index is 12.3. The number of carbonyl (C=O) groups is 2. The number of amides is 1. The van der Waals surface area contributed by atoms with Crippen molar-refractivity contribution in [2.75, 3.05) is 5.32 Å². The maximum atomic E-state index is 12.3. The minimum Gasteiger partial charge on any atom is -0.320 e. The molecule has 0 aliphatic carbocycles. The van der Waals surface area contributed by atoms with E-state index in [0.29, 0.717) is 11.3 Å². The van der Waals surface area contributed by atoms with Gasteiger partial charge < -0.3 is 5.32 Å². The molecule has 0 aliphatic heterocycles. The Hall–Kier alpha value is -2.49. The smallest absolute Gasteiger partial charge is 0.293 e. The Labute approximate surface area is 130 Å². The first-order valence-corrected chi connectivity index (χ1v) is 7.42. The van der Waals surface area contributed by atoms with Gasteiger partial charge in [0.15, 0.2) is 18.2 Å². The average Bonchev–Trinajstić information content (AvgIpc) is 2.54. The van der Waals surface area contributed by atoms with Crippen molar-refractivity contribution < 1.29 is 14.2 Å². The second-order valence-electron chi connectivity index (χ2n) is 5.31. The summed E-state index contributed by atoms with van der Waals surface area (Å²) in [4.78, 5) is 23.5. The van der Waals surface area contributed by atoms with E-state index in [9.17, 15) is 9.59 Å². The summed E-state index contributed by atoms with van der Waals surface area (Å²) in [5.74, 6) is -0.0809. The highest BCUT2D eigenvalue weighted by molar-refractivity contribution is 5.96. The molecule has 2 rings (SSSR count). The molecule has 2 aromatic rings. The van der Waals surface area contributed by atoms with Crippen LogP contribution in [0.2, 0.25) is 0 Å². The predicted octanol–water partition coefficient (Wildman–Crippen LogP) is 2.94. The first-order valence-electron chi connectivity index (χ1n) is 7.42. The number of nitrogens with zero attached hydrogens (tertiary/aromatic N) is 1. The molecule has 1 N–H and O–H groups in total. The summed E-state index contributed by atoms with van der Waals surface area (Å²) in [6, 6.07) is 10.6. The molecule has 0 radical (unpaired) electrons. The molecule has 0 saturated heterocycles. The summed E-state index contributed by atoms with van der Waals surface area (Å²) >= 11 is 0. The van der Waals surface area contributed by atoms with Gasteiger partial charge in [0.25, 0.3) is 5.91 Å². The van der Waals surface area contributed by atoms with Gasteiger partial charge in [-0.2, -0.15) is 4.57 Å². The number of aryl methyl sites for hydroxylation is 1. The number of pyridine rings is 1. The Morgan fingerprint density at radius 2 is 1.68 bits per heavy atom. The van der Waals surface area contributed by atoms with Gasteiger partial charge in [-0.15, -0.1) is 0 Å². The van der Waals surface area contributed by atoms with E-state index in [1.54, 1.807) is 24.3 Å². The largest absolute Gasteiger partial charge is 0.320 e. The average molecular weight is 297 g/mol. The Balaban J connectivity index is 2.05. The van der Waals surface area contributed by atoms with Crippen molar-refractivity contribution >= 4 is 17.4 Å². The van der Waals surface area contributed by atoms with Gasteiger partial charge in [-0.3, -0.25) is 9.59 Å². The van der Waals surface area contributed by atoms with E-state index >= 15 is 0 Å². The number of nitrogens with one attached hydrogen (secondary N) is 1. The Morgan fingerprint density at radius 1 is 1.09 bits per heavy atom. The fourth-order valence-corrected chi connectivity index (χ4v) is 2.13. The molecule has 1 atom stereocenters. The Morgan fingerprint density at radius 3 is 2.18 bits per heavy atom. The van der Waals surface area contributed by atoms with Gasteiger partial charge in [0, 0.05) is 30.3 Å². The third-order valence-corrected chi connectivity index (χ3v) is 3.72. The molecule has 1 amide bonds. The highest BCUT2D eigenvalue weighted by atomic mass is 16.2. The molecule has 0 saturated carbocycles. The highest BCUT2D eigenvalue weighted by Crippen LogP contribution is 2.11. The molecular formula is C18H21N2O2+. The van der Waals surface area contributed by atoms with Crippen LogP contribution in [0.5, 0.6) is 0 Å². The minimum absolute atomic E-state index is 0.0119. The van der Waals surface area contributed by atoms with Crippen molar-refractivity contribution in [3.8, 4) is 0 Å². The molecule has 4 heteroatoms. The van der Waals surface area contributed by atoms with Crippen LogP contribution in [0, 0.1) is 0 Å². The quantitative estimate of drug-likeness (QED) is 0.681. The number of hydrogen-bond donors (Lipinski definition) is 1. The monoisotopic (exact) mass is 297 g/mol. The summed E-state index contributed by atoms with van der Waals surface area (Å²) in [5, 5.41) is 2.86. The number of ketones is 1. The summed E-state index contributed by atoms with van der Waals surface area (Å²) in [6.45, 7) is 5.47. The number of carbonyl (C=O) groups excluding carboxylic acids is 2. The van der Waals surface area contributed by atoms with Crippen molar-refractivity contribution in [3.63, 3.8) is 0 Å². The normalized spacial score (nSPS) is 11.8. The lowest BCUT2D eigenvalue weighted by Gasteiger charge is -2.09. The predicted molar refractivity (Wildman–Crippen MR) is 85.8 cm³/mol. The standard InChI is InChI=1S/C18H20N2O2/c1-4-15-9-11-20(12-10-15)13(2)18(22)19-17-7-5-16(6-8-17)14(3)21/h5-13H,4H2,1-3H3/p+1/t13-/m0/s1. The van der Waals surface area contributed by atoms with Crippen LogP contribution in [0.1, 0.15) is 42.7 Å². The fraction of sp³-hybridized carbons (Fsp3) is 0.278. The van der Waals surface area contributed by atoms with Gasteiger partial charge in [0.05, 0.1) is 0 Å². The lowest BCUT2D eigenvalue weighted by atomic mass is 10.1. The molecule has 1 heterocycles. The van der Waals surface area contributed by atoms with E-state index in [1.807, 2.05) is 36.0 Å². The van der Waals surface area contributed by atoms with Crippen LogP contribution in [0.4, 0.5) is 5.69 Å². The Bertz CT molecular complexity index is 660. The molecule has 0 spiro atoms. The first kappa shape index (κ1) is 15.9. The lowest BCUT2D eigenvalue weighted by molar-refractivity contribution is -0.705. The number of Topliss-reactive ketones (excluding diaryl/α,β-unsaturated/α-hetero) is 1. The van der Waals surface area contributed by atoms with E-state index < -0.39 is 0 Å². The van der Waals surface area contributed by atoms with E-state index in [-0.39, 0.29) is 17.7 Å². The first-order chi connectivity index (χ1) is 10.5. The third-order valence-electron chi connectivity index (χ3n) is 3.72. The number of aromatic nitrogens is 1. The van der Waals surface area contributed by atoms with Crippen LogP contribution in [-0.2, 0) is 11.2 Å². The molecule has 0 aliphatic rings. The zero-order valence-corrected chi connectivity index (χ0v) is 13.2. The molecule has 4 nitrogen and oxygen atoms in total. The molecule has 1 aromatic carbocycles. The highest BCUT2D eigenvalue weighted by Gasteiger charge is 2.21. The molecule has 22 heavy (non-hydrogen) atoms. The van der Waals surface area contributed by atoms with Gasteiger partial charge >= 0.3 is 0 Å². The minimum atomic E-state index is -0.307. The van der Waals surface area contributed by atoms with E-state index in [0.717, 1.165) is 6.42 Å². The topological polar surface area (TPSA) is 50.0 Å². The van der Waals surface area contributed by atoms with Crippen molar-refractivity contribution in [3.05, 3.63) is 59.9 Å². The molecule has 114 valence electrons. The second kappa shape index (κ2) is 6.98. The van der Waals surface area contributed by atoms with Crippen LogP contribution in [0.3, 0.4) is 0 Å². The summed E-state index contributed by atoms with van der Waals surface area (Å²) in [6.07, 6.45) is 4.81. The van der Waals surface area contributed by atoms with Gasteiger partial charge in [-0.05, 0) is 43.2 Å². The van der Waals surface area contributed by atoms with Crippen LogP contribution < -0.4 is 9.88 Å². The van der Waals surface area contributed by atoms with Crippen molar-refractivity contribution in [1.29, 1.82) is 0 Å². The molecule has 0 fully saturated rings. The van der Waals surface area contributed by atoms with Crippen molar-refractivity contribution in [2.24, 2.45) is 0 Å². The molecule has 0 bridgehead atoms. The summed E-state index contributed by atoms with van der Waals surface area (Å²) in [5.41, 5.74) is 2.56. The maximum Gasteiger partial charge on any atom is 0.293 e. The fourth-order valence-electron chi connectivity index (χ4n) is 2.13. The second-order valence-corrected chi connectivity index (χ2v) is 5.31. The van der Waals surface area contributed by atoms with Crippen LogP contribution >= 0.6 is 0 Å². The molecule has 0 unspecified atom stereocenters. The zero-order chi connectivity index (χ0) is 16.1. The van der Waals surface area contributed by atoms with Gasteiger partial charge in [-0.25, -0.2) is 0 Å². The SMILES string of the molecule is CCc1cc[n+]([C@@H](C)C(=O)Nc2ccc(C(C)=O)cc2)cc1. The third kappa shape index (κ3) is 3.79. The zero-order valence-electron chi connectivity index (χ0n) is 13.2. The summed E-state index contributed by atoms with van der Waals surface area (Å²) < 4.78 is 1.87. The molecule has 1 aromatic heterocycles. The molecular weight excluding hydrogens is 276 g/mol. The number of benzene rings is 1. The van der Waals surface area contributed by atoms with E-state index in [4.69, 9.17) is 0 Å². The van der Waals surface area contributed by atoms with Gasteiger partial charge in [-0.1, -0.05) is 6.92 Å². The van der Waals surface area contributed by atoms with Gasteiger partial charge in [0.2, 0.25) is 6.04 Å². The number of anilines is 1. The van der Waals surface area contributed by atoms with Crippen molar-refractivity contribution in [2.45, 2.75) is 33.2 Å². The van der Waals surface area contributed by atoms with Crippen molar-refractivity contribution in [1.82, 2.24) is 0 Å². The Kier molecular flexibility index (Phi) is 5.04. The number of rotatable bonds is 5. The number of hydrogen-bond acceptors (Lipinski definition) is 2. The summed E-state index contributed by atoms with van der Waals surface area (Å²) in [7, 11) is 0. The van der Waals surface area contributed by atoms with Gasteiger partial charge in [0.1, 0.15) is 0 Å². The lowest BCUT2D eigenvalue weighted by Crippen LogP contribution is -2.44. The van der Waals surface area contributed by atoms with Crippen LogP contribution in [-0.4, -0.2) is 11.7 Å². The van der Waals surface area contributed by atoms with Crippen LogP contribution in [0.25, 0.3) is 0 Å². The van der Waals surface area contributed by atoms with E-state index in [2.05, 4.69) is 12.2 Å². The van der Waals surface area contributed by atoms with E-state index in [1.165, 1.54) is 12.5 Å². The van der Waals surface area contributed by atoms with Crippen LogP contribution in [0.15, 0.2) is 48.8 Å².